The summed E-state index contributed by atoms with van der Waals surface area (Å²) >= 11 is 0. The molecule has 1 aromatic rings. The average molecular weight is 275 g/mol. The molecular weight excluding hydrogens is 246 g/mol. The first-order chi connectivity index (χ1) is 9.90. The van der Waals surface area contributed by atoms with E-state index in [0.29, 0.717) is 0 Å². The molecular formula is C18H29NO. The van der Waals surface area contributed by atoms with Gasteiger partial charge in [-0.3, -0.25) is 0 Å². The lowest BCUT2D eigenvalue weighted by molar-refractivity contribution is 0.0277. The number of aryl methyl sites for hydroxylation is 1. The molecule has 112 valence electrons. The zero-order chi connectivity index (χ0) is 14.0. The van der Waals surface area contributed by atoms with Crippen LogP contribution in [0.3, 0.4) is 0 Å². The molecule has 0 aliphatic carbocycles. The highest BCUT2D eigenvalue weighted by atomic mass is 16.5. The summed E-state index contributed by atoms with van der Waals surface area (Å²) in [5, 5.41) is 3.38. The molecule has 1 aromatic carbocycles. The number of hydrogen-bond acceptors (Lipinski definition) is 2. The Kier molecular flexibility index (Phi) is 7.10. The van der Waals surface area contributed by atoms with Gasteiger partial charge in [-0.15, -0.1) is 0 Å². The standard InChI is InChI=1S/C18H29NO/c1-2-3-4-5-6-7-8-16-9-11-17(12-10-16)18-15-19-13-14-20-18/h9-12,18-19H,2-8,13-15H2,1H3/t18-/m1/s1. The Morgan fingerprint density at radius 3 is 2.50 bits per heavy atom. The number of ether oxygens (including phenoxy) is 1. The molecule has 1 aliphatic rings. The van der Waals surface area contributed by atoms with E-state index in [2.05, 4.69) is 36.5 Å². The molecule has 1 aliphatic heterocycles. The molecule has 0 amide bonds. The van der Waals surface area contributed by atoms with Crippen molar-refractivity contribution in [1.82, 2.24) is 5.32 Å². The molecule has 1 saturated heterocycles. The predicted octanol–water partition coefficient (Wildman–Crippen LogP) is 4.25. The van der Waals surface area contributed by atoms with E-state index in [-0.39, 0.29) is 6.10 Å². The third-order valence-electron chi connectivity index (χ3n) is 4.10. The van der Waals surface area contributed by atoms with Gasteiger partial charge in [0.05, 0.1) is 12.7 Å². The fourth-order valence-corrected chi connectivity index (χ4v) is 2.79. The van der Waals surface area contributed by atoms with Crippen LogP contribution in [0.4, 0.5) is 0 Å². The minimum Gasteiger partial charge on any atom is -0.371 e. The Morgan fingerprint density at radius 1 is 1.05 bits per heavy atom. The lowest BCUT2D eigenvalue weighted by Crippen LogP contribution is -2.33. The Morgan fingerprint density at radius 2 is 1.80 bits per heavy atom. The van der Waals surface area contributed by atoms with Crippen LogP contribution in [0.5, 0.6) is 0 Å². The zero-order valence-corrected chi connectivity index (χ0v) is 12.9. The summed E-state index contributed by atoms with van der Waals surface area (Å²) in [5.41, 5.74) is 2.77. The number of unbranched alkanes of at least 4 members (excludes halogenated alkanes) is 5. The molecule has 1 heterocycles. The maximum Gasteiger partial charge on any atom is 0.0949 e. The van der Waals surface area contributed by atoms with E-state index in [1.807, 2.05) is 0 Å². The summed E-state index contributed by atoms with van der Waals surface area (Å²) in [7, 11) is 0. The van der Waals surface area contributed by atoms with Gasteiger partial charge in [0, 0.05) is 13.1 Å². The van der Waals surface area contributed by atoms with Gasteiger partial charge in [-0.05, 0) is 24.0 Å². The first kappa shape index (κ1) is 15.5. The second-order valence-corrected chi connectivity index (χ2v) is 5.82. The minimum absolute atomic E-state index is 0.242. The first-order valence-corrected chi connectivity index (χ1v) is 8.31. The number of rotatable bonds is 8. The highest BCUT2D eigenvalue weighted by molar-refractivity contribution is 5.24. The fourth-order valence-electron chi connectivity index (χ4n) is 2.79. The SMILES string of the molecule is CCCCCCCCc1ccc([C@H]2CNCCO2)cc1. The van der Waals surface area contributed by atoms with Gasteiger partial charge in [-0.25, -0.2) is 0 Å². The van der Waals surface area contributed by atoms with Crippen LogP contribution in [0.2, 0.25) is 0 Å². The van der Waals surface area contributed by atoms with Crippen LogP contribution in [-0.2, 0) is 11.2 Å². The maximum absolute atomic E-state index is 5.78. The van der Waals surface area contributed by atoms with Crippen molar-refractivity contribution in [2.75, 3.05) is 19.7 Å². The number of morpholine rings is 1. The summed E-state index contributed by atoms with van der Waals surface area (Å²) in [4.78, 5) is 0. The molecule has 1 fully saturated rings. The van der Waals surface area contributed by atoms with Gasteiger partial charge in [0.25, 0.3) is 0 Å². The molecule has 2 rings (SSSR count). The summed E-state index contributed by atoms with van der Waals surface area (Å²) < 4.78 is 5.78. The molecule has 0 saturated carbocycles. The van der Waals surface area contributed by atoms with Crippen LogP contribution in [0, 0.1) is 0 Å². The van der Waals surface area contributed by atoms with E-state index >= 15 is 0 Å². The van der Waals surface area contributed by atoms with Crippen molar-refractivity contribution < 1.29 is 4.74 Å². The van der Waals surface area contributed by atoms with Crippen LogP contribution in [0.15, 0.2) is 24.3 Å². The third kappa shape index (κ3) is 5.26. The Balaban J connectivity index is 1.68. The van der Waals surface area contributed by atoms with Crippen LogP contribution >= 0.6 is 0 Å². The van der Waals surface area contributed by atoms with Crippen LogP contribution in [-0.4, -0.2) is 19.7 Å². The number of nitrogens with one attached hydrogen (secondary N) is 1. The zero-order valence-electron chi connectivity index (χ0n) is 12.9. The van der Waals surface area contributed by atoms with Gasteiger partial charge in [0.1, 0.15) is 0 Å². The van der Waals surface area contributed by atoms with Crippen LogP contribution < -0.4 is 5.32 Å². The van der Waals surface area contributed by atoms with E-state index in [1.54, 1.807) is 0 Å². The molecule has 2 heteroatoms. The summed E-state index contributed by atoms with van der Waals surface area (Å²) in [6.07, 6.45) is 9.68. The topological polar surface area (TPSA) is 21.3 Å². The van der Waals surface area contributed by atoms with Crippen molar-refractivity contribution in [2.45, 2.75) is 58.0 Å². The number of hydrogen-bond donors (Lipinski definition) is 1. The van der Waals surface area contributed by atoms with E-state index in [4.69, 9.17) is 4.74 Å². The molecule has 1 N–H and O–H groups in total. The van der Waals surface area contributed by atoms with Gasteiger partial charge in [-0.2, -0.15) is 0 Å². The molecule has 0 aromatic heterocycles. The molecule has 0 unspecified atom stereocenters. The summed E-state index contributed by atoms with van der Waals surface area (Å²) in [5.74, 6) is 0. The van der Waals surface area contributed by atoms with Crippen molar-refractivity contribution in [3.63, 3.8) is 0 Å². The first-order valence-electron chi connectivity index (χ1n) is 8.31. The quantitative estimate of drug-likeness (QED) is 0.716. The van der Waals surface area contributed by atoms with Gasteiger partial charge >= 0.3 is 0 Å². The molecule has 0 spiro atoms. The molecule has 2 nitrogen and oxygen atoms in total. The normalized spacial score (nSPS) is 19.1. The number of benzene rings is 1. The lowest BCUT2D eigenvalue weighted by atomic mass is 10.0. The van der Waals surface area contributed by atoms with Crippen molar-refractivity contribution in [3.8, 4) is 0 Å². The van der Waals surface area contributed by atoms with E-state index in [0.717, 1.165) is 19.7 Å². The Labute approximate surface area is 123 Å². The van der Waals surface area contributed by atoms with Gasteiger partial charge in [0.15, 0.2) is 0 Å². The van der Waals surface area contributed by atoms with Crippen LogP contribution in [0.1, 0.15) is 62.7 Å². The largest absolute Gasteiger partial charge is 0.371 e. The molecule has 0 radical (unpaired) electrons. The third-order valence-corrected chi connectivity index (χ3v) is 4.10. The summed E-state index contributed by atoms with van der Waals surface area (Å²) in [6, 6.07) is 9.03. The van der Waals surface area contributed by atoms with Crippen molar-refractivity contribution in [2.24, 2.45) is 0 Å². The minimum atomic E-state index is 0.242. The maximum atomic E-state index is 5.78. The van der Waals surface area contributed by atoms with Gasteiger partial charge in [0.2, 0.25) is 0 Å². The van der Waals surface area contributed by atoms with Gasteiger partial charge < -0.3 is 10.1 Å². The van der Waals surface area contributed by atoms with Crippen LogP contribution in [0.25, 0.3) is 0 Å². The van der Waals surface area contributed by atoms with Crippen molar-refractivity contribution in [3.05, 3.63) is 35.4 Å². The molecule has 0 bridgehead atoms. The highest BCUT2D eigenvalue weighted by Crippen LogP contribution is 2.20. The van der Waals surface area contributed by atoms with E-state index < -0.39 is 0 Å². The second kappa shape index (κ2) is 9.15. The van der Waals surface area contributed by atoms with Crippen molar-refractivity contribution in [1.29, 1.82) is 0 Å². The van der Waals surface area contributed by atoms with E-state index in [1.165, 1.54) is 56.1 Å². The average Bonchev–Trinajstić information content (AvgIpc) is 2.52. The Bertz CT molecular complexity index is 354. The highest BCUT2D eigenvalue weighted by Gasteiger charge is 2.14. The summed E-state index contributed by atoms with van der Waals surface area (Å²) in [6.45, 7) is 5.01. The lowest BCUT2D eigenvalue weighted by Gasteiger charge is -2.24. The van der Waals surface area contributed by atoms with Gasteiger partial charge in [-0.1, -0.05) is 63.3 Å². The Hall–Kier alpha value is -0.860. The predicted molar refractivity (Wildman–Crippen MR) is 85.1 cm³/mol. The molecule has 20 heavy (non-hydrogen) atoms. The monoisotopic (exact) mass is 275 g/mol. The van der Waals surface area contributed by atoms with E-state index in [9.17, 15) is 0 Å². The van der Waals surface area contributed by atoms with Crippen molar-refractivity contribution >= 4 is 0 Å². The smallest absolute Gasteiger partial charge is 0.0949 e. The fraction of sp³-hybridized carbons (Fsp3) is 0.667. The molecule has 1 atom stereocenters. The second-order valence-electron chi connectivity index (χ2n) is 5.82.